The molecular weight excluding hydrogens is 176 g/mol. The van der Waals surface area contributed by atoms with Crippen LogP contribution < -0.4 is 0 Å². The van der Waals surface area contributed by atoms with Crippen molar-refractivity contribution in [1.82, 2.24) is 0 Å². The largest absolute Gasteiger partial charge is 0.459 e. The second-order valence-corrected chi connectivity index (χ2v) is 3.98. The quantitative estimate of drug-likeness (QED) is 0.499. The fourth-order valence-electron chi connectivity index (χ4n) is 1.03. The molecule has 0 N–H and O–H groups in total. The number of esters is 1. The third kappa shape index (κ3) is 5.05. The number of unbranched alkanes of at least 4 members (excludes halogenated alkanes) is 1. The van der Waals surface area contributed by atoms with Gasteiger partial charge in [-0.3, -0.25) is 0 Å². The number of hydrogen-bond donors (Lipinski definition) is 0. The minimum absolute atomic E-state index is 0.0387. The van der Waals surface area contributed by atoms with E-state index in [1.165, 1.54) is 0 Å². The first-order chi connectivity index (χ1) is 6.49. The minimum atomic E-state index is -0.173. The van der Waals surface area contributed by atoms with Gasteiger partial charge in [0.2, 0.25) is 0 Å². The molecule has 0 bridgehead atoms. The van der Waals surface area contributed by atoms with E-state index in [-0.39, 0.29) is 12.1 Å². The molecule has 82 valence electrons. The van der Waals surface area contributed by atoms with E-state index in [1.54, 1.807) is 0 Å². The second-order valence-electron chi connectivity index (χ2n) is 3.98. The summed E-state index contributed by atoms with van der Waals surface area (Å²) >= 11 is 0. The van der Waals surface area contributed by atoms with E-state index in [0.29, 0.717) is 0 Å². The summed E-state index contributed by atoms with van der Waals surface area (Å²) in [6.07, 6.45) is 3.25. The minimum Gasteiger partial charge on any atom is -0.459 e. The summed E-state index contributed by atoms with van der Waals surface area (Å²) in [7, 11) is 0. The highest BCUT2D eigenvalue weighted by molar-refractivity contribution is 5.88. The molecule has 0 aromatic heterocycles. The summed E-state index contributed by atoms with van der Waals surface area (Å²) in [5.74, 6) is -0.173. The predicted octanol–water partition coefficient (Wildman–Crippen LogP) is 3.46. The molecule has 1 atom stereocenters. The van der Waals surface area contributed by atoms with Gasteiger partial charge in [0.25, 0.3) is 0 Å². The topological polar surface area (TPSA) is 26.3 Å². The van der Waals surface area contributed by atoms with Crippen molar-refractivity contribution < 1.29 is 9.53 Å². The first-order valence-electron chi connectivity index (χ1n) is 5.34. The van der Waals surface area contributed by atoms with E-state index in [1.807, 2.05) is 27.7 Å². The fraction of sp³-hybridized carbons (Fsp3) is 0.750. The van der Waals surface area contributed by atoms with Crippen molar-refractivity contribution in [2.24, 2.45) is 0 Å². The van der Waals surface area contributed by atoms with Crippen molar-refractivity contribution in [2.45, 2.75) is 60.0 Å². The maximum atomic E-state index is 11.5. The molecule has 0 spiro atoms. The van der Waals surface area contributed by atoms with Gasteiger partial charge in [-0.05, 0) is 34.1 Å². The van der Waals surface area contributed by atoms with Crippen LogP contribution in [-0.4, -0.2) is 12.1 Å². The normalized spacial score (nSPS) is 12.1. The van der Waals surface area contributed by atoms with Crippen molar-refractivity contribution in [3.05, 3.63) is 11.1 Å². The maximum absolute atomic E-state index is 11.5. The van der Waals surface area contributed by atoms with Crippen LogP contribution in [0.5, 0.6) is 0 Å². The number of carbonyl (C=O) groups excluding carboxylic acids is 1. The molecule has 14 heavy (non-hydrogen) atoms. The van der Waals surface area contributed by atoms with Gasteiger partial charge in [-0.25, -0.2) is 4.79 Å². The summed E-state index contributed by atoms with van der Waals surface area (Å²) in [5, 5.41) is 0. The molecule has 0 radical (unpaired) electrons. The Bertz CT molecular complexity index is 212. The Labute approximate surface area is 87.3 Å². The zero-order valence-corrected chi connectivity index (χ0v) is 10.0. The molecule has 0 saturated heterocycles. The highest BCUT2D eigenvalue weighted by atomic mass is 16.5. The Morgan fingerprint density at radius 3 is 2.29 bits per heavy atom. The molecule has 1 unspecified atom stereocenters. The highest BCUT2D eigenvalue weighted by Crippen LogP contribution is 2.09. The summed E-state index contributed by atoms with van der Waals surface area (Å²) < 4.78 is 5.28. The van der Waals surface area contributed by atoms with E-state index in [4.69, 9.17) is 4.74 Å². The molecule has 2 nitrogen and oxygen atoms in total. The summed E-state index contributed by atoms with van der Waals surface area (Å²) in [6, 6.07) is 0. The lowest BCUT2D eigenvalue weighted by Crippen LogP contribution is -2.16. The molecule has 0 heterocycles. The van der Waals surface area contributed by atoms with Crippen LogP contribution >= 0.6 is 0 Å². The van der Waals surface area contributed by atoms with Crippen LogP contribution in [0, 0.1) is 0 Å². The molecule has 0 aliphatic heterocycles. The van der Waals surface area contributed by atoms with Crippen LogP contribution in [0.4, 0.5) is 0 Å². The van der Waals surface area contributed by atoms with Crippen molar-refractivity contribution in [2.75, 3.05) is 0 Å². The van der Waals surface area contributed by atoms with E-state index in [0.717, 1.165) is 30.4 Å². The van der Waals surface area contributed by atoms with Crippen LogP contribution in [0.1, 0.15) is 53.9 Å². The number of hydrogen-bond acceptors (Lipinski definition) is 2. The Hall–Kier alpha value is -0.790. The lowest BCUT2D eigenvalue weighted by Gasteiger charge is -2.13. The lowest BCUT2D eigenvalue weighted by atomic mass is 10.1. The zero-order valence-electron chi connectivity index (χ0n) is 10.0. The average molecular weight is 198 g/mol. The van der Waals surface area contributed by atoms with Crippen molar-refractivity contribution in [1.29, 1.82) is 0 Å². The SMILES string of the molecule is CCCCC(C)OC(=O)C(C)=C(C)C. The van der Waals surface area contributed by atoms with Gasteiger partial charge in [0.15, 0.2) is 0 Å². The van der Waals surface area contributed by atoms with E-state index in [2.05, 4.69) is 6.92 Å². The highest BCUT2D eigenvalue weighted by Gasteiger charge is 2.11. The molecule has 0 aromatic carbocycles. The monoisotopic (exact) mass is 198 g/mol. The predicted molar refractivity (Wildman–Crippen MR) is 59.1 cm³/mol. The summed E-state index contributed by atoms with van der Waals surface area (Å²) in [6.45, 7) is 9.74. The van der Waals surface area contributed by atoms with Crippen LogP contribution in [0.3, 0.4) is 0 Å². The van der Waals surface area contributed by atoms with Crippen LogP contribution in [0.2, 0.25) is 0 Å². The van der Waals surface area contributed by atoms with Gasteiger partial charge >= 0.3 is 5.97 Å². The number of allylic oxidation sites excluding steroid dienone is 1. The van der Waals surface area contributed by atoms with Crippen molar-refractivity contribution in [3.8, 4) is 0 Å². The maximum Gasteiger partial charge on any atom is 0.333 e. The summed E-state index contributed by atoms with van der Waals surface area (Å²) in [5.41, 5.74) is 1.76. The van der Waals surface area contributed by atoms with Crippen LogP contribution in [0.25, 0.3) is 0 Å². The number of rotatable bonds is 5. The molecule has 0 rings (SSSR count). The first kappa shape index (κ1) is 13.2. The Kier molecular flexibility index (Phi) is 6.26. The van der Waals surface area contributed by atoms with Gasteiger partial charge in [-0.15, -0.1) is 0 Å². The first-order valence-corrected chi connectivity index (χ1v) is 5.34. The molecule has 0 aromatic rings. The Morgan fingerprint density at radius 2 is 1.86 bits per heavy atom. The third-order valence-electron chi connectivity index (χ3n) is 2.33. The Balaban J connectivity index is 4.00. The van der Waals surface area contributed by atoms with Gasteiger partial charge in [-0.1, -0.05) is 25.3 Å². The number of carbonyl (C=O) groups is 1. The lowest BCUT2D eigenvalue weighted by molar-refractivity contribution is -0.143. The molecule has 2 heteroatoms. The molecular formula is C12H22O2. The van der Waals surface area contributed by atoms with Gasteiger partial charge < -0.3 is 4.74 Å². The average Bonchev–Trinajstić information content (AvgIpc) is 2.13. The molecule has 0 amide bonds. The standard InChI is InChI=1S/C12H22O2/c1-6-7-8-10(4)14-12(13)11(5)9(2)3/h10H,6-8H2,1-5H3. The van der Waals surface area contributed by atoms with E-state index < -0.39 is 0 Å². The van der Waals surface area contributed by atoms with Gasteiger partial charge in [0.05, 0.1) is 6.10 Å². The smallest absolute Gasteiger partial charge is 0.333 e. The van der Waals surface area contributed by atoms with E-state index in [9.17, 15) is 4.79 Å². The van der Waals surface area contributed by atoms with Gasteiger partial charge in [-0.2, -0.15) is 0 Å². The van der Waals surface area contributed by atoms with Crippen molar-refractivity contribution in [3.63, 3.8) is 0 Å². The number of ether oxygens (including phenoxy) is 1. The molecule has 0 saturated carbocycles. The van der Waals surface area contributed by atoms with Crippen molar-refractivity contribution >= 4 is 5.97 Å². The Morgan fingerprint density at radius 1 is 1.29 bits per heavy atom. The van der Waals surface area contributed by atoms with Gasteiger partial charge in [0.1, 0.15) is 0 Å². The molecule has 0 aliphatic rings. The zero-order chi connectivity index (χ0) is 11.1. The van der Waals surface area contributed by atoms with Crippen LogP contribution in [0.15, 0.2) is 11.1 Å². The van der Waals surface area contributed by atoms with E-state index >= 15 is 0 Å². The molecule has 0 fully saturated rings. The van der Waals surface area contributed by atoms with Crippen LogP contribution in [-0.2, 0) is 9.53 Å². The second kappa shape index (κ2) is 6.63. The fourth-order valence-corrected chi connectivity index (χ4v) is 1.03. The summed E-state index contributed by atoms with van der Waals surface area (Å²) in [4.78, 5) is 11.5. The molecule has 0 aliphatic carbocycles. The third-order valence-corrected chi connectivity index (χ3v) is 2.33. The van der Waals surface area contributed by atoms with Gasteiger partial charge in [0, 0.05) is 5.57 Å².